The van der Waals surface area contributed by atoms with E-state index in [0.717, 1.165) is 0 Å². The first-order valence-electron chi connectivity index (χ1n) is 4.78. The van der Waals surface area contributed by atoms with E-state index in [1.807, 2.05) is 6.92 Å². The Labute approximate surface area is 83.3 Å². The third-order valence-electron chi connectivity index (χ3n) is 2.42. The summed E-state index contributed by atoms with van der Waals surface area (Å²) in [7, 11) is 1.60. The second-order valence-corrected chi connectivity index (χ2v) is 3.54. The number of aliphatic hydroxyl groups is 1. The number of amides is 2. The molecule has 0 aromatic rings. The number of carbonyl (C=O) groups excluding carboxylic acids is 2. The number of likely N-dealkylation sites (N-methyl/N-ethyl adjacent to an activating group) is 1. The topological polar surface area (TPSA) is 60.9 Å². The number of aliphatic hydroxyl groups excluding tert-OH is 1. The van der Waals surface area contributed by atoms with E-state index in [2.05, 4.69) is 0 Å². The van der Waals surface area contributed by atoms with Gasteiger partial charge in [0.2, 0.25) is 0 Å². The van der Waals surface area contributed by atoms with Gasteiger partial charge in [-0.25, -0.2) is 0 Å². The minimum atomic E-state index is -0.532. The molecule has 1 fully saturated rings. The maximum atomic E-state index is 11.4. The van der Waals surface area contributed by atoms with Crippen molar-refractivity contribution in [1.29, 1.82) is 0 Å². The molecule has 1 aliphatic heterocycles. The third-order valence-corrected chi connectivity index (χ3v) is 2.42. The normalized spacial score (nSPS) is 20.2. The molecule has 0 bridgehead atoms. The zero-order valence-corrected chi connectivity index (χ0v) is 8.56. The molecular formula is C9H16N2O3. The van der Waals surface area contributed by atoms with E-state index in [-0.39, 0.29) is 6.54 Å². The fraction of sp³-hybridized carbons (Fsp3) is 0.778. The quantitative estimate of drug-likeness (QED) is 0.598. The lowest BCUT2D eigenvalue weighted by Crippen LogP contribution is -2.54. The summed E-state index contributed by atoms with van der Waals surface area (Å²) in [5, 5.41) is 9.36. The molecule has 0 spiro atoms. The molecule has 2 amide bonds. The first kappa shape index (κ1) is 11.0. The van der Waals surface area contributed by atoms with Gasteiger partial charge in [0.25, 0.3) is 0 Å². The average Bonchev–Trinajstić information content (AvgIpc) is 2.19. The fourth-order valence-corrected chi connectivity index (χ4v) is 1.33. The molecule has 1 atom stereocenters. The molecule has 80 valence electrons. The largest absolute Gasteiger partial charge is 0.391 e. The van der Waals surface area contributed by atoms with Crippen molar-refractivity contribution in [3.63, 3.8) is 0 Å². The van der Waals surface area contributed by atoms with Gasteiger partial charge in [0.1, 0.15) is 0 Å². The van der Waals surface area contributed by atoms with Gasteiger partial charge < -0.3 is 14.9 Å². The SMILES string of the molecule is CCC(O)CN1CCN(C)C(=O)C1=O. The summed E-state index contributed by atoms with van der Waals surface area (Å²) >= 11 is 0. The smallest absolute Gasteiger partial charge is 0.312 e. The van der Waals surface area contributed by atoms with Crippen LogP contribution in [-0.4, -0.2) is 59.5 Å². The predicted molar refractivity (Wildman–Crippen MR) is 50.5 cm³/mol. The Morgan fingerprint density at radius 1 is 1.36 bits per heavy atom. The minimum absolute atomic E-state index is 0.259. The van der Waals surface area contributed by atoms with Crippen molar-refractivity contribution in [3.8, 4) is 0 Å². The summed E-state index contributed by atoms with van der Waals surface area (Å²) in [6.45, 7) is 3.15. The van der Waals surface area contributed by atoms with Crippen LogP contribution < -0.4 is 0 Å². The zero-order chi connectivity index (χ0) is 10.7. The standard InChI is InChI=1S/C9H16N2O3/c1-3-7(12)6-11-5-4-10(2)8(13)9(11)14/h7,12H,3-6H2,1-2H3. The van der Waals surface area contributed by atoms with Crippen LogP contribution >= 0.6 is 0 Å². The Morgan fingerprint density at radius 3 is 2.57 bits per heavy atom. The molecule has 1 rings (SSSR count). The molecule has 0 aromatic carbocycles. The Bertz CT molecular complexity index is 242. The van der Waals surface area contributed by atoms with Crippen molar-refractivity contribution in [1.82, 2.24) is 9.80 Å². The van der Waals surface area contributed by atoms with Crippen molar-refractivity contribution in [2.24, 2.45) is 0 Å². The van der Waals surface area contributed by atoms with E-state index >= 15 is 0 Å². The third kappa shape index (κ3) is 2.23. The number of rotatable bonds is 3. The van der Waals surface area contributed by atoms with Crippen molar-refractivity contribution in [3.05, 3.63) is 0 Å². The minimum Gasteiger partial charge on any atom is -0.391 e. The van der Waals surface area contributed by atoms with Crippen molar-refractivity contribution >= 4 is 11.8 Å². The van der Waals surface area contributed by atoms with Crippen LogP contribution in [0, 0.1) is 0 Å². The summed E-state index contributed by atoms with van der Waals surface area (Å²) < 4.78 is 0. The number of piperazine rings is 1. The molecule has 1 unspecified atom stereocenters. The highest BCUT2D eigenvalue weighted by Gasteiger charge is 2.30. The van der Waals surface area contributed by atoms with E-state index in [4.69, 9.17) is 0 Å². The lowest BCUT2D eigenvalue weighted by atomic mass is 10.2. The van der Waals surface area contributed by atoms with E-state index in [1.165, 1.54) is 9.80 Å². The van der Waals surface area contributed by atoms with Crippen molar-refractivity contribution in [2.45, 2.75) is 19.4 Å². The summed E-state index contributed by atoms with van der Waals surface area (Å²) in [5.74, 6) is -0.995. The monoisotopic (exact) mass is 200 g/mol. The number of hydrogen-bond acceptors (Lipinski definition) is 3. The number of nitrogens with zero attached hydrogens (tertiary/aromatic N) is 2. The van der Waals surface area contributed by atoms with Crippen LogP contribution in [0.4, 0.5) is 0 Å². The van der Waals surface area contributed by atoms with Gasteiger partial charge in [0.15, 0.2) is 0 Å². The van der Waals surface area contributed by atoms with Crippen LogP contribution in [0.15, 0.2) is 0 Å². The zero-order valence-electron chi connectivity index (χ0n) is 8.56. The van der Waals surface area contributed by atoms with Gasteiger partial charge in [-0.2, -0.15) is 0 Å². The summed E-state index contributed by atoms with van der Waals surface area (Å²) in [4.78, 5) is 25.5. The van der Waals surface area contributed by atoms with Crippen LogP contribution in [0.3, 0.4) is 0 Å². The van der Waals surface area contributed by atoms with Crippen LogP contribution in [0.2, 0.25) is 0 Å². The predicted octanol–water partition coefficient (Wildman–Crippen LogP) is -0.942. The molecule has 0 saturated carbocycles. The molecule has 5 heteroatoms. The Morgan fingerprint density at radius 2 is 2.00 bits per heavy atom. The summed E-state index contributed by atoms with van der Waals surface area (Å²) in [6.07, 6.45) is 0.0588. The Kier molecular flexibility index (Phi) is 3.46. The van der Waals surface area contributed by atoms with Gasteiger partial charge >= 0.3 is 11.8 Å². The summed E-state index contributed by atoms with van der Waals surface area (Å²) in [6, 6.07) is 0. The van der Waals surface area contributed by atoms with Crippen molar-refractivity contribution in [2.75, 3.05) is 26.7 Å². The Hall–Kier alpha value is -1.10. The molecule has 0 aliphatic carbocycles. The maximum Gasteiger partial charge on any atom is 0.312 e. The van der Waals surface area contributed by atoms with Gasteiger partial charge in [-0.05, 0) is 6.42 Å². The van der Waals surface area contributed by atoms with Crippen LogP contribution in [-0.2, 0) is 9.59 Å². The fourth-order valence-electron chi connectivity index (χ4n) is 1.33. The first-order chi connectivity index (χ1) is 6.56. The van der Waals surface area contributed by atoms with Gasteiger partial charge in [0, 0.05) is 26.7 Å². The number of hydrogen-bond donors (Lipinski definition) is 1. The lowest BCUT2D eigenvalue weighted by Gasteiger charge is -2.32. The van der Waals surface area contributed by atoms with E-state index in [9.17, 15) is 14.7 Å². The molecule has 1 N–H and O–H groups in total. The highest BCUT2D eigenvalue weighted by Crippen LogP contribution is 2.04. The average molecular weight is 200 g/mol. The van der Waals surface area contributed by atoms with E-state index in [0.29, 0.717) is 19.5 Å². The molecular weight excluding hydrogens is 184 g/mol. The van der Waals surface area contributed by atoms with Gasteiger partial charge in [-0.3, -0.25) is 9.59 Å². The highest BCUT2D eigenvalue weighted by atomic mass is 16.3. The first-order valence-corrected chi connectivity index (χ1v) is 4.78. The van der Waals surface area contributed by atoms with Crippen LogP contribution in [0.25, 0.3) is 0 Å². The summed E-state index contributed by atoms with van der Waals surface area (Å²) in [5.41, 5.74) is 0. The van der Waals surface area contributed by atoms with Gasteiger partial charge in [-0.1, -0.05) is 6.92 Å². The molecule has 14 heavy (non-hydrogen) atoms. The van der Waals surface area contributed by atoms with E-state index in [1.54, 1.807) is 7.05 Å². The van der Waals surface area contributed by atoms with E-state index < -0.39 is 17.9 Å². The highest BCUT2D eigenvalue weighted by molar-refractivity contribution is 6.35. The second-order valence-electron chi connectivity index (χ2n) is 3.54. The molecule has 1 saturated heterocycles. The van der Waals surface area contributed by atoms with Gasteiger partial charge in [-0.15, -0.1) is 0 Å². The number of β-amino-alcohol motifs (C(OH)–C–C–N with tert-alkyl or cyclic N) is 1. The van der Waals surface area contributed by atoms with Gasteiger partial charge in [0.05, 0.1) is 6.10 Å². The van der Waals surface area contributed by atoms with Crippen LogP contribution in [0.1, 0.15) is 13.3 Å². The number of carbonyl (C=O) groups is 2. The molecule has 0 aromatic heterocycles. The molecule has 1 heterocycles. The second kappa shape index (κ2) is 4.41. The maximum absolute atomic E-state index is 11.4. The lowest BCUT2D eigenvalue weighted by molar-refractivity contribution is -0.155. The molecule has 5 nitrogen and oxygen atoms in total. The van der Waals surface area contributed by atoms with Crippen LogP contribution in [0.5, 0.6) is 0 Å². The molecule has 0 radical (unpaired) electrons. The molecule has 1 aliphatic rings. The Balaban J connectivity index is 2.55. The van der Waals surface area contributed by atoms with Crippen molar-refractivity contribution < 1.29 is 14.7 Å².